The normalized spacial score (nSPS) is 13.2. The van der Waals surface area contributed by atoms with Gasteiger partial charge in [0.25, 0.3) is 0 Å². The summed E-state index contributed by atoms with van der Waals surface area (Å²) < 4.78 is 59.1. The van der Waals surface area contributed by atoms with E-state index in [1.807, 2.05) is 53.4 Å². The van der Waals surface area contributed by atoms with Crippen molar-refractivity contribution in [3.8, 4) is 16.9 Å². The molecule has 4 aromatic carbocycles. The SMILES string of the molecule is O=C(O)c1ccc(F)cc1OCc1ccc(-c2cccc(CN3CCCc4ccc(C(F)(F)F)cc43)c2)cc1. The fourth-order valence-corrected chi connectivity index (χ4v) is 4.81. The van der Waals surface area contributed by atoms with Crippen molar-refractivity contribution < 1.29 is 32.2 Å². The third-order valence-corrected chi connectivity index (χ3v) is 6.78. The van der Waals surface area contributed by atoms with Gasteiger partial charge < -0.3 is 14.7 Å². The third-order valence-electron chi connectivity index (χ3n) is 6.78. The van der Waals surface area contributed by atoms with Gasteiger partial charge in [0.2, 0.25) is 0 Å². The van der Waals surface area contributed by atoms with Gasteiger partial charge in [-0.25, -0.2) is 9.18 Å². The van der Waals surface area contributed by atoms with Crippen molar-refractivity contribution >= 4 is 11.7 Å². The van der Waals surface area contributed by atoms with Crippen LogP contribution in [0.15, 0.2) is 84.9 Å². The van der Waals surface area contributed by atoms with Gasteiger partial charge in [-0.3, -0.25) is 0 Å². The monoisotopic (exact) mass is 535 g/mol. The second kappa shape index (κ2) is 10.8. The molecule has 4 nitrogen and oxygen atoms in total. The van der Waals surface area contributed by atoms with Gasteiger partial charge in [0.15, 0.2) is 0 Å². The molecule has 0 saturated heterocycles. The summed E-state index contributed by atoms with van der Waals surface area (Å²) in [4.78, 5) is 13.4. The van der Waals surface area contributed by atoms with Crippen LogP contribution in [-0.4, -0.2) is 17.6 Å². The fraction of sp³-hybridized carbons (Fsp3) is 0.194. The number of halogens is 4. The number of carboxylic acid groups (broad SMARTS) is 1. The van der Waals surface area contributed by atoms with Crippen LogP contribution in [0, 0.1) is 5.82 Å². The number of ether oxygens (including phenoxy) is 1. The highest BCUT2D eigenvalue weighted by atomic mass is 19.4. The van der Waals surface area contributed by atoms with E-state index >= 15 is 0 Å². The number of rotatable bonds is 7. The average Bonchev–Trinajstić information content (AvgIpc) is 2.92. The van der Waals surface area contributed by atoms with Gasteiger partial charge in [0.05, 0.1) is 5.56 Å². The Morgan fingerprint density at radius 3 is 2.44 bits per heavy atom. The summed E-state index contributed by atoms with van der Waals surface area (Å²) in [5.74, 6) is -1.82. The first kappa shape index (κ1) is 26.3. The van der Waals surface area contributed by atoms with Crippen LogP contribution in [-0.2, 0) is 25.7 Å². The van der Waals surface area contributed by atoms with E-state index < -0.39 is 23.5 Å². The summed E-state index contributed by atoms with van der Waals surface area (Å²) in [6.07, 6.45) is -2.74. The van der Waals surface area contributed by atoms with Crippen LogP contribution in [0.1, 0.15) is 39.0 Å². The molecule has 1 N–H and O–H groups in total. The Balaban J connectivity index is 1.30. The van der Waals surface area contributed by atoms with E-state index in [4.69, 9.17) is 4.74 Å². The number of aromatic carboxylic acids is 1. The van der Waals surface area contributed by atoms with E-state index in [2.05, 4.69) is 0 Å². The lowest BCUT2D eigenvalue weighted by Gasteiger charge is -2.32. The molecule has 8 heteroatoms. The third kappa shape index (κ3) is 6.06. The molecule has 0 fully saturated rings. The molecule has 0 unspecified atom stereocenters. The molecule has 0 spiro atoms. The van der Waals surface area contributed by atoms with Crippen molar-refractivity contribution in [3.05, 3.63) is 119 Å². The predicted molar refractivity (Wildman–Crippen MR) is 140 cm³/mol. The smallest absolute Gasteiger partial charge is 0.416 e. The lowest BCUT2D eigenvalue weighted by Crippen LogP contribution is -2.29. The minimum Gasteiger partial charge on any atom is -0.488 e. The Kier molecular flexibility index (Phi) is 7.28. The Morgan fingerprint density at radius 1 is 0.897 bits per heavy atom. The molecule has 1 heterocycles. The molecule has 0 radical (unpaired) electrons. The van der Waals surface area contributed by atoms with E-state index in [0.29, 0.717) is 18.8 Å². The van der Waals surface area contributed by atoms with E-state index in [-0.39, 0.29) is 17.9 Å². The summed E-state index contributed by atoms with van der Waals surface area (Å²) in [5, 5.41) is 9.28. The van der Waals surface area contributed by atoms with Crippen molar-refractivity contribution in [2.45, 2.75) is 32.2 Å². The second-order valence-corrected chi connectivity index (χ2v) is 9.50. The summed E-state index contributed by atoms with van der Waals surface area (Å²) >= 11 is 0. The van der Waals surface area contributed by atoms with Crippen molar-refractivity contribution in [3.63, 3.8) is 0 Å². The molecule has 0 saturated carbocycles. The van der Waals surface area contributed by atoms with Crippen LogP contribution in [0.4, 0.5) is 23.2 Å². The first-order valence-electron chi connectivity index (χ1n) is 12.5. The molecule has 0 atom stereocenters. The van der Waals surface area contributed by atoms with E-state index in [0.717, 1.165) is 58.9 Å². The Hall–Kier alpha value is -4.33. The van der Waals surface area contributed by atoms with Crippen molar-refractivity contribution in [1.82, 2.24) is 0 Å². The van der Waals surface area contributed by atoms with Crippen LogP contribution in [0.2, 0.25) is 0 Å². The number of aryl methyl sites for hydroxylation is 1. The number of hydrogen-bond acceptors (Lipinski definition) is 3. The van der Waals surface area contributed by atoms with Gasteiger partial charge >= 0.3 is 12.1 Å². The summed E-state index contributed by atoms with van der Waals surface area (Å²) in [6, 6.07) is 22.7. The average molecular weight is 536 g/mol. The van der Waals surface area contributed by atoms with Crippen molar-refractivity contribution in [1.29, 1.82) is 0 Å². The van der Waals surface area contributed by atoms with Gasteiger partial charge in [-0.05, 0) is 71.0 Å². The topological polar surface area (TPSA) is 49.8 Å². The molecule has 200 valence electrons. The van der Waals surface area contributed by atoms with E-state index in [1.54, 1.807) is 6.07 Å². The van der Waals surface area contributed by atoms with Crippen molar-refractivity contribution in [2.24, 2.45) is 0 Å². The first-order chi connectivity index (χ1) is 18.7. The minimum atomic E-state index is -4.38. The van der Waals surface area contributed by atoms with Crippen LogP contribution < -0.4 is 9.64 Å². The number of alkyl halides is 3. The van der Waals surface area contributed by atoms with Gasteiger partial charge in [-0.2, -0.15) is 13.2 Å². The minimum absolute atomic E-state index is 0.0408. The second-order valence-electron chi connectivity index (χ2n) is 9.50. The molecule has 1 aliphatic heterocycles. The van der Waals surface area contributed by atoms with E-state index in [1.165, 1.54) is 12.1 Å². The van der Waals surface area contributed by atoms with Crippen LogP contribution in [0.25, 0.3) is 11.1 Å². The lowest BCUT2D eigenvalue weighted by atomic mass is 9.98. The zero-order valence-electron chi connectivity index (χ0n) is 20.8. The number of anilines is 1. The van der Waals surface area contributed by atoms with Crippen LogP contribution >= 0.6 is 0 Å². The standard InChI is InChI=1S/C31H25F4NO3/c32-26-12-13-27(30(37)38)29(17-26)39-19-20-6-8-22(9-7-20)24-4-1-3-21(15-24)18-36-14-2-5-23-10-11-25(16-28(23)36)31(33,34)35/h1,3-4,6-13,15-17H,2,5,14,18-19H2,(H,37,38). The molecular formula is C31H25F4NO3. The molecule has 4 aromatic rings. The van der Waals surface area contributed by atoms with Crippen LogP contribution in [0.3, 0.4) is 0 Å². The molecule has 0 bridgehead atoms. The molecule has 39 heavy (non-hydrogen) atoms. The molecule has 5 rings (SSSR count). The van der Waals surface area contributed by atoms with Crippen LogP contribution in [0.5, 0.6) is 5.75 Å². The maximum atomic E-state index is 13.6. The fourth-order valence-electron chi connectivity index (χ4n) is 4.81. The molecule has 0 amide bonds. The van der Waals surface area contributed by atoms with Crippen molar-refractivity contribution in [2.75, 3.05) is 11.4 Å². The number of fused-ring (bicyclic) bond motifs is 1. The number of nitrogens with zero attached hydrogens (tertiary/aromatic N) is 1. The highest BCUT2D eigenvalue weighted by Gasteiger charge is 2.32. The number of hydrogen-bond donors (Lipinski definition) is 1. The Labute approximate surface area is 223 Å². The maximum absolute atomic E-state index is 13.6. The van der Waals surface area contributed by atoms with Gasteiger partial charge in [-0.1, -0.05) is 48.5 Å². The quantitative estimate of drug-likeness (QED) is 0.246. The first-order valence-corrected chi connectivity index (χ1v) is 12.5. The highest BCUT2D eigenvalue weighted by Crippen LogP contribution is 2.36. The van der Waals surface area contributed by atoms with E-state index in [9.17, 15) is 27.5 Å². The van der Waals surface area contributed by atoms with Gasteiger partial charge in [0, 0.05) is 24.8 Å². The lowest BCUT2D eigenvalue weighted by molar-refractivity contribution is -0.137. The zero-order chi connectivity index (χ0) is 27.6. The van der Waals surface area contributed by atoms with Gasteiger partial charge in [0.1, 0.15) is 23.7 Å². The molecule has 1 aliphatic rings. The largest absolute Gasteiger partial charge is 0.488 e. The summed E-state index contributed by atoms with van der Waals surface area (Å²) in [7, 11) is 0. The maximum Gasteiger partial charge on any atom is 0.416 e. The summed E-state index contributed by atoms with van der Waals surface area (Å²) in [5.41, 5.74) is 4.47. The predicted octanol–water partition coefficient (Wildman–Crippen LogP) is 7.74. The number of benzene rings is 4. The number of carbonyl (C=O) groups is 1. The molecule has 0 aromatic heterocycles. The highest BCUT2D eigenvalue weighted by molar-refractivity contribution is 5.90. The number of carboxylic acids is 1. The molecule has 0 aliphatic carbocycles. The Morgan fingerprint density at radius 2 is 1.69 bits per heavy atom. The Bertz CT molecular complexity index is 1500. The summed E-state index contributed by atoms with van der Waals surface area (Å²) in [6.45, 7) is 1.24. The zero-order valence-corrected chi connectivity index (χ0v) is 20.8. The molecular weight excluding hydrogens is 510 g/mol. The van der Waals surface area contributed by atoms with Gasteiger partial charge in [-0.15, -0.1) is 0 Å².